The maximum atomic E-state index is 12.2. The van der Waals surface area contributed by atoms with Crippen LogP contribution in [0.3, 0.4) is 0 Å². The van der Waals surface area contributed by atoms with Crippen LogP contribution in [0.4, 0.5) is 4.79 Å². The molecule has 7 heteroatoms. The fourth-order valence-corrected chi connectivity index (χ4v) is 5.44. The van der Waals surface area contributed by atoms with Crippen LogP contribution < -0.4 is 5.32 Å². The molecule has 1 unspecified atom stereocenters. The number of amides is 1. The first-order valence-corrected chi connectivity index (χ1v) is 19.7. The van der Waals surface area contributed by atoms with E-state index in [1.165, 1.54) is 141 Å². The third-order valence-corrected chi connectivity index (χ3v) is 8.73. The molecular formula is C39H79NO6. The zero-order valence-electron chi connectivity index (χ0n) is 31.4. The summed E-state index contributed by atoms with van der Waals surface area (Å²) in [5, 5.41) is 2.85. The van der Waals surface area contributed by atoms with Crippen molar-refractivity contribution in [3.63, 3.8) is 0 Å². The lowest BCUT2D eigenvalue weighted by molar-refractivity contribution is -0.0570. The van der Waals surface area contributed by atoms with Crippen LogP contribution in [0.5, 0.6) is 0 Å². The molecule has 0 saturated carbocycles. The Hall–Kier alpha value is -0.890. The number of hydrogen-bond acceptors (Lipinski definition) is 6. The van der Waals surface area contributed by atoms with Gasteiger partial charge in [-0.1, -0.05) is 155 Å². The molecule has 0 fully saturated rings. The minimum atomic E-state index is -0.450. The number of unbranched alkanes of at least 4 members (excludes halogenated alkanes) is 22. The normalized spacial score (nSPS) is 12.5. The second kappa shape index (κ2) is 35.4. The second-order valence-corrected chi connectivity index (χ2v) is 13.9. The van der Waals surface area contributed by atoms with Crippen molar-refractivity contribution < 1.29 is 28.5 Å². The van der Waals surface area contributed by atoms with Crippen molar-refractivity contribution in [1.29, 1.82) is 0 Å². The van der Waals surface area contributed by atoms with E-state index in [0.717, 1.165) is 19.4 Å². The van der Waals surface area contributed by atoms with E-state index in [1.54, 1.807) is 7.11 Å². The molecule has 0 aromatic carbocycles. The minimum absolute atomic E-state index is 0.170. The van der Waals surface area contributed by atoms with Crippen LogP contribution in [0.2, 0.25) is 0 Å². The average Bonchev–Trinajstić information content (AvgIpc) is 3.05. The van der Waals surface area contributed by atoms with E-state index in [9.17, 15) is 4.79 Å². The summed E-state index contributed by atoms with van der Waals surface area (Å²) in [6.07, 6.45) is 31.3. The largest absolute Gasteiger partial charge is 0.447 e. The maximum absolute atomic E-state index is 12.2. The molecule has 1 N–H and O–H groups in total. The summed E-state index contributed by atoms with van der Waals surface area (Å²) in [7, 11) is 1.66. The highest BCUT2D eigenvalue weighted by atomic mass is 16.6. The standard InChI is InChI=1S/C39H79NO6/c1-6-8-10-12-14-16-18-20-22-24-26-28-30-43-35-37(34-40-38(41)46-33-32-44-36-39(3,4)42-5)45-31-29-27-25-23-21-19-17-15-13-11-9-7-2/h37H,6-36H2,1-5H3,(H,40,41). The summed E-state index contributed by atoms with van der Waals surface area (Å²) in [6, 6.07) is 0. The highest BCUT2D eigenvalue weighted by molar-refractivity contribution is 5.67. The fourth-order valence-electron chi connectivity index (χ4n) is 5.44. The number of alkyl carbamates (subject to hydrolysis) is 1. The predicted molar refractivity (Wildman–Crippen MR) is 194 cm³/mol. The Labute approximate surface area is 286 Å². The van der Waals surface area contributed by atoms with Gasteiger partial charge in [0.05, 0.1) is 31.5 Å². The Bertz CT molecular complexity index is 617. The second-order valence-electron chi connectivity index (χ2n) is 13.9. The van der Waals surface area contributed by atoms with E-state index in [0.29, 0.717) is 33.0 Å². The van der Waals surface area contributed by atoms with Crippen LogP contribution in [-0.2, 0) is 23.7 Å². The van der Waals surface area contributed by atoms with Crippen LogP contribution in [0, 0.1) is 0 Å². The zero-order chi connectivity index (χ0) is 33.8. The maximum Gasteiger partial charge on any atom is 0.407 e. The smallest absolute Gasteiger partial charge is 0.407 e. The van der Waals surface area contributed by atoms with E-state index in [2.05, 4.69) is 19.2 Å². The predicted octanol–water partition coefficient (Wildman–Crippen LogP) is 11.0. The minimum Gasteiger partial charge on any atom is -0.447 e. The highest BCUT2D eigenvalue weighted by Crippen LogP contribution is 2.14. The van der Waals surface area contributed by atoms with Gasteiger partial charge in [0.2, 0.25) is 0 Å². The van der Waals surface area contributed by atoms with E-state index >= 15 is 0 Å². The molecule has 0 radical (unpaired) electrons. The average molecular weight is 658 g/mol. The van der Waals surface area contributed by atoms with Crippen molar-refractivity contribution in [3.05, 3.63) is 0 Å². The van der Waals surface area contributed by atoms with Crippen LogP contribution >= 0.6 is 0 Å². The Morgan fingerprint density at radius 2 is 1.00 bits per heavy atom. The van der Waals surface area contributed by atoms with Gasteiger partial charge in [0.15, 0.2) is 0 Å². The van der Waals surface area contributed by atoms with Crippen molar-refractivity contribution in [2.75, 3.05) is 53.3 Å². The molecule has 0 rings (SSSR count). The van der Waals surface area contributed by atoms with E-state index in [1.807, 2.05) is 13.8 Å². The van der Waals surface area contributed by atoms with Gasteiger partial charge in [0.25, 0.3) is 0 Å². The van der Waals surface area contributed by atoms with Crippen molar-refractivity contribution >= 4 is 6.09 Å². The molecule has 0 aliphatic carbocycles. The molecule has 0 spiro atoms. The van der Waals surface area contributed by atoms with Gasteiger partial charge in [-0.15, -0.1) is 0 Å². The molecule has 0 aromatic rings. The molecule has 7 nitrogen and oxygen atoms in total. The molecule has 0 heterocycles. The van der Waals surface area contributed by atoms with Crippen LogP contribution in [0.25, 0.3) is 0 Å². The lowest BCUT2D eigenvalue weighted by atomic mass is 10.1. The first-order valence-electron chi connectivity index (χ1n) is 19.7. The topological polar surface area (TPSA) is 75.3 Å². The monoisotopic (exact) mass is 658 g/mol. The molecule has 1 amide bonds. The summed E-state index contributed by atoms with van der Waals surface area (Å²) < 4.78 is 28.3. The first kappa shape index (κ1) is 45.1. The lowest BCUT2D eigenvalue weighted by Crippen LogP contribution is -2.37. The number of rotatable bonds is 37. The first-order chi connectivity index (χ1) is 22.4. The van der Waals surface area contributed by atoms with Crippen LogP contribution in [-0.4, -0.2) is 71.1 Å². The Balaban J connectivity index is 4.09. The number of methoxy groups -OCH3 is 1. The molecule has 1 atom stereocenters. The quantitative estimate of drug-likeness (QED) is 0.0670. The summed E-state index contributed by atoms with van der Waals surface area (Å²) >= 11 is 0. The van der Waals surface area contributed by atoms with Gasteiger partial charge in [-0.3, -0.25) is 0 Å². The number of nitrogens with one attached hydrogen (secondary N) is 1. The Kier molecular flexibility index (Phi) is 34.7. The van der Waals surface area contributed by atoms with Gasteiger partial charge < -0.3 is 29.0 Å². The molecule has 0 aliphatic heterocycles. The molecule has 0 aliphatic rings. The molecule has 0 saturated heterocycles. The van der Waals surface area contributed by atoms with Crippen molar-refractivity contribution in [2.24, 2.45) is 0 Å². The molecular weight excluding hydrogens is 578 g/mol. The number of hydrogen-bond donors (Lipinski definition) is 1. The van der Waals surface area contributed by atoms with E-state index in [4.69, 9.17) is 23.7 Å². The fraction of sp³-hybridized carbons (Fsp3) is 0.974. The molecule has 276 valence electrons. The summed E-state index contributed by atoms with van der Waals surface area (Å²) in [4.78, 5) is 12.2. The van der Waals surface area contributed by atoms with Crippen LogP contribution in [0.1, 0.15) is 182 Å². The third kappa shape index (κ3) is 34.4. The lowest BCUT2D eigenvalue weighted by Gasteiger charge is -2.22. The van der Waals surface area contributed by atoms with Crippen molar-refractivity contribution in [3.8, 4) is 0 Å². The van der Waals surface area contributed by atoms with Crippen LogP contribution in [0.15, 0.2) is 0 Å². The number of carbonyl (C=O) groups is 1. The Morgan fingerprint density at radius 3 is 1.46 bits per heavy atom. The van der Waals surface area contributed by atoms with Crippen molar-refractivity contribution in [1.82, 2.24) is 5.32 Å². The molecule has 0 aromatic heterocycles. The third-order valence-electron chi connectivity index (χ3n) is 8.73. The van der Waals surface area contributed by atoms with Gasteiger partial charge in [-0.05, 0) is 26.7 Å². The molecule has 0 bridgehead atoms. The highest BCUT2D eigenvalue weighted by Gasteiger charge is 2.16. The summed E-state index contributed by atoms with van der Waals surface area (Å²) in [5.41, 5.74) is -0.354. The van der Waals surface area contributed by atoms with E-state index in [-0.39, 0.29) is 18.3 Å². The van der Waals surface area contributed by atoms with Gasteiger partial charge >= 0.3 is 6.09 Å². The van der Waals surface area contributed by atoms with Crippen molar-refractivity contribution in [2.45, 2.75) is 193 Å². The SMILES string of the molecule is CCCCCCCCCCCCCCOCC(CNC(=O)OCCOCC(C)(C)OC)OCCCCCCCCCCCCCC. The van der Waals surface area contributed by atoms with Gasteiger partial charge in [-0.25, -0.2) is 4.79 Å². The number of ether oxygens (including phenoxy) is 5. The van der Waals surface area contributed by atoms with Gasteiger partial charge in [0, 0.05) is 26.9 Å². The Morgan fingerprint density at radius 1 is 0.565 bits per heavy atom. The molecule has 46 heavy (non-hydrogen) atoms. The van der Waals surface area contributed by atoms with Gasteiger partial charge in [0.1, 0.15) is 6.61 Å². The van der Waals surface area contributed by atoms with Gasteiger partial charge in [-0.2, -0.15) is 0 Å². The summed E-state index contributed by atoms with van der Waals surface area (Å²) in [6.45, 7) is 11.8. The van der Waals surface area contributed by atoms with E-state index < -0.39 is 6.09 Å². The zero-order valence-corrected chi connectivity index (χ0v) is 31.4. The number of carbonyl (C=O) groups excluding carboxylic acids is 1. The summed E-state index contributed by atoms with van der Waals surface area (Å²) in [5.74, 6) is 0.